The van der Waals surface area contributed by atoms with Crippen LogP contribution in [0.4, 0.5) is 5.69 Å². The minimum atomic E-state index is -0.362. The third-order valence-corrected chi connectivity index (χ3v) is 4.79. The van der Waals surface area contributed by atoms with Gasteiger partial charge in [0.2, 0.25) is 5.82 Å². The SMILES string of the molecule is C#CCOc1ccc(N(C)C(=O)c2nc(CC)n(-c3c(Cl)cccc3Cl)n2)cc1. The highest BCUT2D eigenvalue weighted by Gasteiger charge is 2.23. The number of carbonyl (C=O) groups is 1. The van der Waals surface area contributed by atoms with Gasteiger partial charge < -0.3 is 9.64 Å². The highest BCUT2D eigenvalue weighted by Crippen LogP contribution is 2.29. The maximum atomic E-state index is 12.9. The second-order valence-electron chi connectivity index (χ2n) is 6.04. The summed E-state index contributed by atoms with van der Waals surface area (Å²) in [5, 5.41) is 5.22. The summed E-state index contributed by atoms with van der Waals surface area (Å²) in [6.45, 7) is 2.10. The van der Waals surface area contributed by atoms with Crippen LogP contribution in [0.15, 0.2) is 42.5 Å². The number of nitrogens with zero attached hydrogens (tertiary/aromatic N) is 4. The number of aryl methyl sites for hydroxylation is 1. The van der Waals surface area contributed by atoms with E-state index in [4.69, 9.17) is 34.4 Å². The Bertz CT molecular complexity index is 1050. The fraction of sp³-hybridized carbons (Fsp3) is 0.190. The Morgan fingerprint density at radius 3 is 2.45 bits per heavy atom. The Morgan fingerprint density at radius 1 is 1.21 bits per heavy atom. The van der Waals surface area contributed by atoms with E-state index in [1.807, 2.05) is 6.92 Å². The van der Waals surface area contributed by atoms with E-state index in [-0.39, 0.29) is 18.3 Å². The van der Waals surface area contributed by atoms with Gasteiger partial charge in [0.05, 0.1) is 10.0 Å². The van der Waals surface area contributed by atoms with Crippen LogP contribution in [0.5, 0.6) is 5.75 Å². The molecule has 1 heterocycles. The number of rotatable bonds is 6. The molecule has 0 N–H and O–H groups in total. The predicted octanol–water partition coefficient (Wildman–Crippen LogP) is 4.43. The van der Waals surface area contributed by atoms with Crippen molar-refractivity contribution in [1.29, 1.82) is 0 Å². The summed E-state index contributed by atoms with van der Waals surface area (Å²) >= 11 is 12.6. The number of amides is 1. The monoisotopic (exact) mass is 428 g/mol. The zero-order valence-corrected chi connectivity index (χ0v) is 17.4. The average molecular weight is 429 g/mol. The van der Waals surface area contributed by atoms with Gasteiger partial charge in [0.1, 0.15) is 23.9 Å². The van der Waals surface area contributed by atoms with E-state index in [1.54, 1.807) is 49.5 Å². The van der Waals surface area contributed by atoms with Crippen molar-refractivity contribution in [3.05, 3.63) is 64.2 Å². The van der Waals surface area contributed by atoms with Crippen molar-refractivity contribution in [3.63, 3.8) is 0 Å². The van der Waals surface area contributed by atoms with Crippen LogP contribution in [0.3, 0.4) is 0 Å². The molecule has 0 bridgehead atoms. The van der Waals surface area contributed by atoms with Crippen molar-refractivity contribution in [2.75, 3.05) is 18.6 Å². The molecule has 0 aliphatic rings. The molecule has 0 aliphatic carbocycles. The van der Waals surface area contributed by atoms with Crippen LogP contribution in [-0.2, 0) is 6.42 Å². The molecule has 29 heavy (non-hydrogen) atoms. The second-order valence-corrected chi connectivity index (χ2v) is 6.85. The van der Waals surface area contributed by atoms with Gasteiger partial charge >= 0.3 is 0 Å². The van der Waals surface area contributed by atoms with Crippen LogP contribution in [0, 0.1) is 12.3 Å². The molecule has 3 aromatic rings. The van der Waals surface area contributed by atoms with Crippen LogP contribution in [0.2, 0.25) is 10.0 Å². The molecule has 0 fully saturated rings. The quantitative estimate of drug-likeness (QED) is 0.545. The van der Waals surface area contributed by atoms with Crippen molar-refractivity contribution < 1.29 is 9.53 Å². The molecule has 1 aromatic heterocycles. The first-order valence-electron chi connectivity index (χ1n) is 8.81. The van der Waals surface area contributed by atoms with Crippen molar-refractivity contribution in [2.24, 2.45) is 0 Å². The lowest BCUT2D eigenvalue weighted by Gasteiger charge is -2.15. The van der Waals surface area contributed by atoms with Crippen LogP contribution in [0.1, 0.15) is 23.4 Å². The number of aromatic nitrogens is 3. The van der Waals surface area contributed by atoms with Crippen LogP contribution in [0.25, 0.3) is 5.69 Å². The van der Waals surface area contributed by atoms with E-state index in [2.05, 4.69) is 16.0 Å². The molecule has 0 radical (unpaired) electrons. The molecule has 0 saturated carbocycles. The first kappa shape index (κ1) is 20.7. The Balaban J connectivity index is 1.90. The number of halogens is 2. The molecule has 1 amide bonds. The van der Waals surface area contributed by atoms with Crippen LogP contribution < -0.4 is 9.64 Å². The molecule has 0 saturated heterocycles. The van der Waals surface area contributed by atoms with Gasteiger partial charge in [0.25, 0.3) is 5.91 Å². The van der Waals surface area contributed by atoms with Gasteiger partial charge in [-0.25, -0.2) is 9.67 Å². The van der Waals surface area contributed by atoms with Crippen molar-refractivity contribution in [3.8, 4) is 23.8 Å². The maximum absolute atomic E-state index is 12.9. The topological polar surface area (TPSA) is 60.2 Å². The number of para-hydroxylation sites is 1. The third-order valence-electron chi connectivity index (χ3n) is 4.18. The molecule has 8 heteroatoms. The smallest absolute Gasteiger partial charge is 0.297 e. The molecule has 6 nitrogen and oxygen atoms in total. The normalized spacial score (nSPS) is 10.4. The van der Waals surface area contributed by atoms with E-state index in [0.29, 0.717) is 39.4 Å². The van der Waals surface area contributed by atoms with Crippen LogP contribution >= 0.6 is 23.2 Å². The van der Waals surface area contributed by atoms with E-state index in [1.165, 1.54) is 9.58 Å². The zero-order chi connectivity index (χ0) is 21.0. The number of benzene rings is 2. The van der Waals surface area contributed by atoms with Gasteiger partial charge in [0.15, 0.2) is 0 Å². The summed E-state index contributed by atoms with van der Waals surface area (Å²) in [6, 6.07) is 12.2. The zero-order valence-electron chi connectivity index (χ0n) is 15.9. The van der Waals surface area contributed by atoms with Crippen molar-refractivity contribution in [1.82, 2.24) is 14.8 Å². The van der Waals surface area contributed by atoms with Crippen LogP contribution in [-0.4, -0.2) is 34.3 Å². The Morgan fingerprint density at radius 2 is 1.86 bits per heavy atom. The summed E-state index contributed by atoms with van der Waals surface area (Å²) in [4.78, 5) is 18.8. The highest BCUT2D eigenvalue weighted by atomic mass is 35.5. The standard InChI is InChI=1S/C21H18Cl2N4O2/c1-4-13-29-15-11-9-14(10-12-15)26(3)21(28)20-24-18(5-2)27(25-20)19-16(22)7-6-8-17(19)23/h1,6-12H,5,13H2,2-3H3. The molecule has 3 rings (SSSR count). The number of hydrogen-bond acceptors (Lipinski definition) is 4. The minimum absolute atomic E-state index is 0.0491. The molecule has 0 aliphatic heterocycles. The second kappa shape index (κ2) is 8.99. The third kappa shape index (κ3) is 4.37. The van der Waals surface area contributed by atoms with E-state index in [9.17, 15) is 4.79 Å². The largest absolute Gasteiger partial charge is 0.481 e. The number of terminal acetylenes is 1. The Labute approximate surface area is 179 Å². The first-order chi connectivity index (χ1) is 14.0. The molecule has 0 unspecified atom stereocenters. The molecule has 0 spiro atoms. The van der Waals surface area contributed by atoms with Gasteiger partial charge in [-0.1, -0.05) is 42.1 Å². The van der Waals surface area contributed by atoms with Crippen molar-refractivity contribution in [2.45, 2.75) is 13.3 Å². The predicted molar refractivity (Wildman–Crippen MR) is 114 cm³/mol. The minimum Gasteiger partial charge on any atom is -0.481 e. The lowest BCUT2D eigenvalue weighted by molar-refractivity contribution is 0.0983. The van der Waals surface area contributed by atoms with E-state index in [0.717, 1.165) is 0 Å². The lowest BCUT2D eigenvalue weighted by atomic mass is 10.2. The summed E-state index contributed by atoms with van der Waals surface area (Å²) in [7, 11) is 1.65. The fourth-order valence-electron chi connectivity index (χ4n) is 2.69. The average Bonchev–Trinajstić information content (AvgIpc) is 3.15. The van der Waals surface area contributed by atoms with Crippen molar-refractivity contribution >= 4 is 34.8 Å². The highest BCUT2D eigenvalue weighted by molar-refractivity contribution is 6.37. The summed E-state index contributed by atoms with van der Waals surface area (Å²) < 4.78 is 6.86. The lowest BCUT2D eigenvalue weighted by Crippen LogP contribution is -2.27. The number of carbonyl (C=O) groups excluding carboxylic acids is 1. The number of hydrogen-bond donors (Lipinski definition) is 0. The first-order valence-corrected chi connectivity index (χ1v) is 9.56. The fourth-order valence-corrected chi connectivity index (χ4v) is 3.25. The number of anilines is 1. The molecule has 0 atom stereocenters. The summed E-state index contributed by atoms with van der Waals surface area (Å²) in [6.07, 6.45) is 5.73. The summed E-state index contributed by atoms with van der Waals surface area (Å²) in [5.74, 6) is 3.29. The van der Waals surface area contributed by atoms with E-state index >= 15 is 0 Å². The van der Waals surface area contributed by atoms with Gasteiger partial charge in [-0.2, -0.15) is 0 Å². The van der Waals surface area contributed by atoms with Gasteiger partial charge in [0, 0.05) is 19.2 Å². The maximum Gasteiger partial charge on any atom is 0.297 e. The van der Waals surface area contributed by atoms with Gasteiger partial charge in [-0.05, 0) is 36.4 Å². The summed E-state index contributed by atoms with van der Waals surface area (Å²) in [5.41, 5.74) is 1.16. The molecule has 2 aromatic carbocycles. The Hall–Kier alpha value is -3.01. The van der Waals surface area contributed by atoms with Gasteiger partial charge in [-0.3, -0.25) is 4.79 Å². The molecular weight excluding hydrogens is 411 g/mol. The molecule has 148 valence electrons. The molecular formula is C21H18Cl2N4O2. The Kier molecular flexibility index (Phi) is 6.42. The van der Waals surface area contributed by atoms with Gasteiger partial charge in [-0.15, -0.1) is 11.5 Å². The number of ether oxygens (including phenoxy) is 1. The van der Waals surface area contributed by atoms with E-state index < -0.39 is 0 Å².